The summed E-state index contributed by atoms with van der Waals surface area (Å²) in [6, 6.07) is 10.9. The van der Waals surface area contributed by atoms with Gasteiger partial charge in [0, 0.05) is 40.0 Å². The van der Waals surface area contributed by atoms with Crippen molar-refractivity contribution in [2.75, 3.05) is 0 Å². The van der Waals surface area contributed by atoms with E-state index in [-0.39, 0.29) is 30.0 Å². The van der Waals surface area contributed by atoms with E-state index in [1.165, 1.54) is 6.07 Å². The van der Waals surface area contributed by atoms with Crippen LogP contribution in [0, 0.1) is 0 Å². The Labute approximate surface area is 185 Å². The number of aromatic nitrogens is 2. The van der Waals surface area contributed by atoms with Crippen molar-refractivity contribution in [1.82, 2.24) is 15.3 Å². The molecule has 0 unspecified atom stereocenters. The van der Waals surface area contributed by atoms with Crippen LogP contribution < -0.4 is 5.32 Å². The zero-order valence-corrected chi connectivity index (χ0v) is 17.4. The first-order chi connectivity index (χ1) is 13.9. The monoisotopic (exact) mass is 451 g/mol. The Morgan fingerprint density at radius 2 is 1.61 bits per heavy atom. The van der Waals surface area contributed by atoms with Gasteiger partial charge in [0.1, 0.15) is 17.1 Å². The van der Waals surface area contributed by atoms with Crippen LogP contribution in [-0.2, 0) is 12.7 Å². The molecule has 0 aliphatic heterocycles. The fourth-order valence-corrected chi connectivity index (χ4v) is 2.88. The molecule has 0 atom stereocenters. The quantitative estimate of drug-likeness (QED) is 0.462. The van der Waals surface area contributed by atoms with Crippen LogP contribution in [0.1, 0.15) is 39.5 Å². The zero-order chi connectivity index (χ0) is 22.1. The normalized spacial score (nSPS) is 11.8. The first-order valence-corrected chi connectivity index (χ1v) is 9.59. The van der Waals surface area contributed by atoms with Gasteiger partial charge in [-0.1, -0.05) is 31.2 Å². The first kappa shape index (κ1) is 24.6. The van der Waals surface area contributed by atoms with E-state index in [0.717, 1.165) is 17.8 Å². The third-order valence-corrected chi connectivity index (χ3v) is 4.60. The smallest absolute Gasteiger partial charge is 0.433 e. The van der Waals surface area contributed by atoms with Crippen LogP contribution in [0.4, 0.5) is 13.2 Å². The van der Waals surface area contributed by atoms with E-state index in [1.807, 2.05) is 20.8 Å². The molecule has 0 amide bonds. The molecule has 2 N–H and O–H groups in total. The second kappa shape index (κ2) is 9.24. The molecule has 0 fully saturated rings. The molecular formula is C23H25ClF3N3O. The maximum Gasteiger partial charge on any atom is 0.433 e. The number of halogens is 4. The Bertz CT molecular complexity index is 1030. The van der Waals surface area contributed by atoms with Crippen LogP contribution in [0.3, 0.4) is 0 Å². The number of alkyl halides is 3. The van der Waals surface area contributed by atoms with Gasteiger partial charge in [0.2, 0.25) is 0 Å². The predicted molar refractivity (Wildman–Crippen MR) is 118 cm³/mol. The standard InChI is InChI=1S/C22H21ClF3N3O.CH4/c1-21(2,3)28-12-15-10-17(13-4-7-16(23)8-5-13)29-19(20(15)30)14-6-9-18(27-11-14)22(24,25)26;/h4-11,28,30H,12H2,1-3H3;1H4. The first-order valence-electron chi connectivity index (χ1n) is 9.21. The summed E-state index contributed by atoms with van der Waals surface area (Å²) < 4.78 is 38.5. The molecule has 31 heavy (non-hydrogen) atoms. The van der Waals surface area contributed by atoms with E-state index in [9.17, 15) is 18.3 Å². The summed E-state index contributed by atoms with van der Waals surface area (Å²) in [5.41, 5.74) is 1.13. The highest BCUT2D eigenvalue weighted by Gasteiger charge is 2.32. The molecule has 166 valence electrons. The van der Waals surface area contributed by atoms with Gasteiger partial charge >= 0.3 is 6.18 Å². The molecule has 0 aliphatic carbocycles. The van der Waals surface area contributed by atoms with Gasteiger partial charge in [0.25, 0.3) is 0 Å². The van der Waals surface area contributed by atoms with Crippen molar-refractivity contribution < 1.29 is 18.3 Å². The minimum Gasteiger partial charge on any atom is -0.505 e. The summed E-state index contributed by atoms with van der Waals surface area (Å²) in [6.45, 7) is 6.32. The molecule has 2 heterocycles. The number of aromatic hydroxyl groups is 1. The number of hydrogen-bond donors (Lipinski definition) is 2. The van der Waals surface area contributed by atoms with Crippen LogP contribution in [0.25, 0.3) is 22.5 Å². The number of nitrogens with one attached hydrogen (secondary N) is 1. The minimum atomic E-state index is -4.54. The fourth-order valence-electron chi connectivity index (χ4n) is 2.76. The Morgan fingerprint density at radius 3 is 2.13 bits per heavy atom. The topological polar surface area (TPSA) is 58.0 Å². The largest absolute Gasteiger partial charge is 0.505 e. The second-order valence-electron chi connectivity index (χ2n) is 7.90. The van der Waals surface area contributed by atoms with E-state index >= 15 is 0 Å². The average molecular weight is 452 g/mol. The molecule has 0 bridgehead atoms. The lowest BCUT2D eigenvalue weighted by atomic mass is 10.0. The molecule has 3 aromatic rings. The van der Waals surface area contributed by atoms with Crippen molar-refractivity contribution in [3.8, 4) is 28.3 Å². The van der Waals surface area contributed by atoms with Crippen molar-refractivity contribution >= 4 is 11.6 Å². The van der Waals surface area contributed by atoms with Gasteiger partial charge in [0.15, 0.2) is 0 Å². The van der Waals surface area contributed by atoms with Crippen LogP contribution in [-0.4, -0.2) is 20.6 Å². The highest BCUT2D eigenvalue weighted by atomic mass is 35.5. The molecule has 0 spiro atoms. The number of benzene rings is 1. The van der Waals surface area contributed by atoms with Crippen molar-refractivity contribution in [2.45, 2.75) is 46.5 Å². The van der Waals surface area contributed by atoms with Crippen molar-refractivity contribution in [1.29, 1.82) is 0 Å². The molecule has 2 aromatic heterocycles. The molecule has 0 saturated carbocycles. The number of pyridine rings is 2. The summed E-state index contributed by atoms with van der Waals surface area (Å²) in [5, 5.41) is 14.7. The van der Waals surface area contributed by atoms with Crippen molar-refractivity contribution in [2.24, 2.45) is 0 Å². The molecule has 3 rings (SSSR count). The SMILES string of the molecule is C.CC(C)(C)NCc1cc(-c2ccc(Cl)cc2)nc(-c2ccc(C(F)(F)F)nc2)c1O. The molecule has 0 aliphatic rings. The molecule has 1 aromatic carbocycles. The summed E-state index contributed by atoms with van der Waals surface area (Å²) in [5.74, 6) is -0.106. The summed E-state index contributed by atoms with van der Waals surface area (Å²) in [4.78, 5) is 7.98. The number of nitrogens with zero attached hydrogens (tertiary/aromatic N) is 2. The Kier molecular flexibility index (Phi) is 7.34. The van der Waals surface area contributed by atoms with E-state index in [0.29, 0.717) is 22.8 Å². The second-order valence-corrected chi connectivity index (χ2v) is 8.34. The van der Waals surface area contributed by atoms with Crippen molar-refractivity contribution in [3.05, 3.63) is 64.9 Å². The predicted octanol–water partition coefficient (Wildman–Crippen LogP) is 6.71. The zero-order valence-electron chi connectivity index (χ0n) is 16.7. The van der Waals surface area contributed by atoms with Crippen LogP contribution in [0.15, 0.2) is 48.7 Å². The van der Waals surface area contributed by atoms with E-state index in [1.54, 1.807) is 30.3 Å². The highest BCUT2D eigenvalue weighted by molar-refractivity contribution is 6.30. The minimum absolute atomic E-state index is 0. The third-order valence-electron chi connectivity index (χ3n) is 4.35. The van der Waals surface area contributed by atoms with Gasteiger partial charge in [-0.15, -0.1) is 0 Å². The fraction of sp³-hybridized carbons (Fsp3) is 0.304. The average Bonchev–Trinajstić information content (AvgIpc) is 2.67. The maximum atomic E-state index is 12.8. The van der Waals surface area contributed by atoms with Gasteiger partial charge in [-0.2, -0.15) is 13.2 Å². The molecule has 4 nitrogen and oxygen atoms in total. The Morgan fingerprint density at radius 1 is 1.00 bits per heavy atom. The van der Waals surface area contributed by atoms with Crippen LogP contribution in [0.5, 0.6) is 5.75 Å². The van der Waals surface area contributed by atoms with Gasteiger partial charge in [0.05, 0.1) is 5.69 Å². The van der Waals surface area contributed by atoms with Crippen LogP contribution in [0.2, 0.25) is 5.02 Å². The lowest BCUT2D eigenvalue weighted by Crippen LogP contribution is -2.35. The lowest BCUT2D eigenvalue weighted by molar-refractivity contribution is -0.141. The molecule has 0 radical (unpaired) electrons. The molecule has 8 heteroatoms. The van der Waals surface area contributed by atoms with Crippen LogP contribution >= 0.6 is 11.6 Å². The molecular weight excluding hydrogens is 427 g/mol. The molecule has 0 saturated heterocycles. The summed E-state index contributed by atoms with van der Waals surface area (Å²) >= 11 is 5.96. The van der Waals surface area contributed by atoms with E-state index < -0.39 is 11.9 Å². The summed E-state index contributed by atoms with van der Waals surface area (Å²) in [7, 11) is 0. The van der Waals surface area contributed by atoms with Crippen molar-refractivity contribution in [3.63, 3.8) is 0 Å². The van der Waals surface area contributed by atoms with Gasteiger partial charge in [-0.25, -0.2) is 4.98 Å². The third kappa shape index (κ3) is 6.18. The lowest BCUT2D eigenvalue weighted by Gasteiger charge is -2.22. The summed E-state index contributed by atoms with van der Waals surface area (Å²) in [6.07, 6.45) is -3.47. The highest BCUT2D eigenvalue weighted by Crippen LogP contribution is 2.35. The number of hydrogen-bond acceptors (Lipinski definition) is 4. The van der Waals surface area contributed by atoms with E-state index in [2.05, 4.69) is 15.3 Å². The number of rotatable bonds is 4. The van der Waals surface area contributed by atoms with Gasteiger partial charge < -0.3 is 10.4 Å². The Balaban J connectivity index is 0.00000341. The van der Waals surface area contributed by atoms with E-state index in [4.69, 9.17) is 11.6 Å². The Hall–Kier alpha value is -2.64. The maximum absolute atomic E-state index is 12.8. The van der Waals surface area contributed by atoms with Gasteiger partial charge in [-0.05, 0) is 51.1 Å². The van der Waals surface area contributed by atoms with Gasteiger partial charge in [-0.3, -0.25) is 4.98 Å².